The molecule has 0 aliphatic rings. The van der Waals surface area contributed by atoms with Gasteiger partial charge < -0.3 is 10.2 Å². The van der Waals surface area contributed by atoms with Crippen LogP contribution in [0.1, 0.15) is 37.0 Å². The molecule has 38 heavy (non-hydrogen) atoms. The second-order valence-electron chi connectivity index (χ2n) is 9.21. The van der Waals surface area contributed by atoms with Gasteiger partial charge in [0.15, 0.2) is 0 Å². The molecule has 9 heteroatoms. The minimum absolute atomic E-state index is 0.0104. The van der Waals surface area contributed by atoms with Crippen LogP contribution in [-0.4, -0.2) is 44.3 Å². The molecular weight excluding hydrogens is 522 g/mol. The lowest BCUT2D eigenvalue weighted by Gasteiger charge is -2.32. The van der Waals surface area contributed by atoms with E-state index in [1.165, 1.54) is 29.2 Å². The average Bonchev–Trinajstić information content (AvgIpc) is 2.90. The maximum Gasteiger partial charge on any atom is 0.264 e. The lowest BCUT2D eigenvalue weighted by Crippen LogP contribution is -2.51. The molecule has 0 saturated carbocycles. The normalized spacial score (nSPS) is 12.0. The number of hydrogen-bond acceptors (Lipinski definition) is 4. The average molecular weight is 556 g/mol. The fourth-order valence-corrected chi connectivity index (χ4v) is 5.43. The third-order valence-corrected chi connectivity index (χ3v) is 8.41. The molecule has 3 rings (SSSR count). The zero-order valence-electron chi connectivity index (χ0n) is 22.1. The number of halogens is 1. The van der Waals surface area contributed by atoms with E-state index in [2.05, 4.69) is 5.32 Å². The summed E-state index contributed by atoms with van der Waals surface area (Å²) in [4.78, 5) is 28.2. The van der Waals surface area contributed by atoms with Crippen molar-refractivity contribution in [2.75, 3.05) is 17.4 Å². The summed E-state index contributed by atoms with van der Waals surface area (Å²) in [7, 11) is -4.14. The Morgan fingerprint density at radius 2 is 1.61 bits per heavy atom. The van der Waals surface area contributed by atoms with E-state index < -0.39 is 28.5 Å². The second-order valence-corrected chi connectivity index (χ2v) is 11.5. The molecule has 0 aliphatic carbocycles. The van der Waals surface area contributed by atoms with Crippen LogP contribution >= 0.6 is 11.6 Å². The summed E-state index contributed by atoms with van der Waals surface area (Å²) < 4.78 is 28.8. The maximum absolute atomic E-state index is 13.9. The third kappa shape index (κ3) is 7.14. The summed E-state index contributed by atoms with van der Waals surface area (Å²) in [5.41, 5.74) is 3.07. The van der Waals surface area contributed by atoms with E-state index in [-0.39, 0.29) is 17.3 Å². The van der Waals surface area contributed by atoms with Gasteiger partial charge in [-0.15, -0.1) is 0 Å². The van der Waals surface area contributed by atoms with Gasteiger partial charge in [-0.1, -0.05) is 54.9 Å². The molecule has 0 bridgehead atoms. The number of hydrogen-bond donors (Lipinski definition) is 1. The SMILES string of the molecule is CCCNC(=O)C(C)N(Cc1ccccc1)C(=O)CN(c1ccc(C)c(C)c1)S(=O)(=O)c1ccc(Cl)cc1. The Kier molecular flexibility index (Phi) is 9.94. The van der Waals surface area contributed by atoms with Crippen molar-refractivity contribution >= 4 is 39.1 Å². The number of carbonyl (C=O) groups excluding carboxylic acids is 2. The number of anilines is 1. The molecule has 7 nitrogen and oxygen atoms in total. The first-order valence-electron chi connectivity index (χ1n) is 12.5. The summed E-state index contributed by atoms with van der Waals surface area (Å²) in [5, 5.41) is 3.24. The highest BCUT2D eigenvalue weighted by atomic mass is 35.5. The molecule has 1 unspecified atom stereocenters. The van der Waals surface area contributed by atoms with E-state index in [4.69, 9.17) is 11.6 Å². The molecule has 0 spiro atoms. The van der Waals surface area contributed by atoms with Crippen LogP contribution in [0.25, 0.3) is 0 Å². The zero-order valence-corrected chi connectivity index (χ0v) is 23.7. The largest absolute Gasteiger partial charge is 0.354 e. The van der Waals surface area contributed by atoms with Gasteiger partial charge in [-0.2, -0.15) is 0 Å². The summed E-state index contributed by atoms with van der Waals surface area (Å²) in [6.07, 6.45) is 0.755. The predicted molar refractivity (Wildman–Crippen MR) is 152 cm³/mol. The number of carbonyl (C=O) groups is 2. The maximum atomic E-state index is 13.9. The van der Waals surface area contributed by atoms with Gasteiger partial charge in [0.25, 0.3) is 10.0 Å². The Morgan fingerprint density at radius 3 is 2.21 bits per heavy atom. The Balaban J connectivity index is 2.03. The van der Waals surface area contributed by atoms with Crippen molar-refractivity contribution in [2.24, 2.45) is 0 Å². The number of amides is 2. The molecule has 3 aromatic rings. The topological polar surface area (TPSA) is 86.8 Å². The summed E-state index contributed by atoms with van der Waals surface area (Å²) in [5.74, 6) is -0.793. The van der Waals surface area contributed by atoms with Crippen LogP contribution in [-0.2, 0) is 26.2 Å². The molecule has 0 saturated heterocycles. The van der Waals surface area contributed by atoms with E-state index in [9.17, 15) is 18.0 Å². The highest BCUT2D eigenvalue weighted by Gasteiger charge is 2.32. The van der Waals surface area contributed by atoms with Crippen molar-refractivity contribution in [3.8, 4) is 0 Å². The number of nitrogens with zero attached hydrogens (tertiary/aromatic N) is 2. The van der Waals surface area contributed by atoms with Crippen molar-refractivity contribution in [3.05, 3.63) is 94.5 Å². The fourth-order valence-electron chi connectivity index (χ4n) is 3.90. The first-order valence-corrected chi connectivity index (χ1v) is 14.3. The van der Waals surface area contributed by atoms with E-state index in [1.807, 2.05) is 57.2 Å². The van der Waals surface area contributed by atoms with Crippen molar-refractivity contribution in [1.29, 1.82) is 0 Å². The van der Waals surface area contributed by atoms with Gasteiger partial charge in [0, 0.05) is 18.1 Å². The van der Waals surface area contributed by atoms with Crippen molar-refractivity contribution in [1.82, 2.24) is 10.2 Å². The molecule has 3 aromatic carbocycles. The number of benzene rings is 3. The zero-order chi connectivity index (χ0) is 27.9. The fraction of sp³-hybridized carbons (Fsp3) is 0.310. The van der Waals surface area contributed by atoms with Gasteiger partial charge in [-0.25, -0.2) is 8.42 Å². The predicted octanol–water partition coefficient (Wildman–Crippen LogP) is 5.10. The van der Waals surface area contributed by atoms with Crippen LogP contribution in [0.5, 0.6) is 0 Å². The molecule has 0 aliphatic heterocycles. The molecule has 0 heterocycles. The highest BCUT2D eigenvalue weighted by molar-refractivity contribution is 7.92. The minimum atomic E-state index is -4.14. The molecule has 0 radical (unpaired) electrons. The summed E-state index contributed by atoms with van der Waals surface area (Å²) in [6.45, 7) is 7.57. The molecule has 0 aromatic heterocycles. The van der Waals surface area contributed by atoms with Crippen LogP contribution < -0.4 is 9.62 Å². The highest BCUT2D eigenvalue weighted by Crippen LogP contribution is 2.27. The van der Waals surface area contributed by atoms with E-state index in [0.717, 1.165) is 27.4 Å². The smallest absolute Gasteiger partial charge is 0.264 e. The monoisotopic (exact) mass is 555 g/mol. The number of nitrogens with one attached hydrogen (secondary N) is 1. The van der Waals surface area contributed by atoms with Crippen LogP contribution in [0.3, 0.4) is 0 Å². The minimum Gasteiger partial charge on any atom is -0.354 e. The van der Waals surface area contributed by atoms with E-state index in [1.54, 1.807) is 19.1 Å². The van der Waals surface area contributed by atoms with Gasteiger partial charge in [0.2, 0.25) is 11.8 Å². The summed E-state index contributed by atoms with van der Waals surface area (Å²) >= 11 is 5.99. The van der Waals surface area contributed by atoms with Gasteiger partial charge in [0.1, 0.15) is 12.6 Å². The molecule has 1 atom stereocenters. The van der Waals surface area contributed by atoms with Gasteiger partial charge in [-0.3, -0.25) is 13.9 Å². The Morgan fingerprint density at radius 1 is 0.947 bits per heavy atom. The van der Waals surface area contributed by atoms with Crippen LogP contribution in [0.2, 0.25) is 5.02 Å². The molecule has 0 fully saturated rings. The van der Waals surface area contributed by atoms with Gasteiger partial charge in [-0.05, 0) is 80.3 Å². The van der Waals surface area contributed by atoms with Crippen molar-refractivity contribution < 1.29 is 18.0 Å². The van der Waals surface area contributed by atoms with Gasteiger partial charge in [0.05, 0.1) is 10.6 Å². The summed E-state index contributed by atoms with van der Waals surface area (Å²) in [6, 6.07) is 19.6. The lowest BCUT2D eigenvalue weighted by molar-refractivity contribution is -0.139. The second kappa shape index (κ2) is 12.9. The Labute approximate surface area is 230 Å². The first-order chi connectivity index (χ1) is 18.0. The van der Waals surface area contributed by atoms with Crippen LogP contribution in [0, 0.1) is 13.8 Å². The molecule has 1 N–H and O–H groups in total. The Hall–Kier alpha value is -3.36. The first kappa shape index (κ1) is 29.2. The lowest BCUT2D eigenvalue weighted by atomic mass is 10.1. The van der Waals surface area contributed by atoms with E-state index in [0.29, 0.717) is 17.3 Å². The quantitative estimate of drug-likeness (QED) is 0.357. The van der Waals surface area contributed by atoms with Crippen LogP contribution in [0.4, 0.5) is 5.69 Å². The third-order valence-electron chi connectivity index (χ3n) is 6.37. The van der Waals surface area contributed by atoms with Crippen molar-refractivity contribution in [2.45, 2.75) is 51.6 Å². The van der Waals surface area contributed by atoms with Crippen molar-refractivity contribution in [3.63, 3.8) is 0 Å². The number of sulfonamides is 1. The van der Waals surface area contributed by atoms with E-state index >= 15 is 0 Å². The number of aryl methyl sites for hydroxylation is 2. The molecule has 202 valence electrons. The van der Waals surface area contributed by atoms with Crippen LogP contribution in [0.15, 0.2) is 77.7 Å². The molecule has 2 amide bonds. The Bertz CT molecular complexity index is 1360. The number of rotatable bonds is 11. The molecular formula is C29H34ClN3O4S. The standard InChI is InChI=1S/C29H34ClN3O4S/c1-5-17-31-29(35)23(4)32(19-24-9-7-6-8-10-24)28(34)20-33(26-14-11-21(2)22(3)18-26)38(36,37)27-15-12-25(30)13-16-27/h6-16,18,23H,5,17,19-20H2,1-4H3,(H,31,35). The van der Waals surface area contributed by atoms with Gasteiger partial charge >= 0.3 is 0 Å².